The molecule has 1 aromatic carbocycles. The molecular weight excluding hydrogens is 218 g/mol. The molecule has 0 saturated carbocycles. The summed E-state index contributed by atoms with van der Waals surface area (Å²) in [6.45, 7) is 2.68. The van der Waals surface area contributed by atoms with Gasteiger partial charge in [-0.05, 0) is 24.1 Å². The minimum Gasteiger partial charge on any atom is -0.325 e. The molecule has 16 heavy (non-hydrogen) atoms. The van der Waals surface area contributed by atoms with E-state index in [4.69, 9.17) is 5.73 Å². The molecule has 0 radical (unpaired) electrons. The van der Waals surface area contributed by atoms with Gasteiger partial charge in [-0.25, -0.2) is 4.98 Å². The topological polar surface area (TPSA) is 43.3 Å². The van der Waals surface area contributed by atoms with E-state index in [1.807, 2.05) is 6.20 Å². The molecule has 0 saturated heterocycles. The molecule has 0 aliphatic rings. The second-order valence-electron chi connectivity index (χ2n) is 3.85. The molecular formula is C12H13N3S. The minimum absolute atomic E-state index is 0.503. The van der Waals surface area contributed by atoms with Crippen LogP contribution in [0.5, 0.6) is 0 Å². The smallest absolute Gasteiger partial charge is 0.194 e. The fourth-order valence-corrected chi connectivity index (χ4v) is 3.00. The van der Waals surface area contributed by atoms with E-state index in [2.05, 4.69) is 34.5 Å². The summed E-state index contributed by atoms with van der Waals surface area (Å²) in [6.07, 6.45) is 3.10. The van der Waals surface area contributed by atoms with Crippen molar-refractivity contribution in [3.63, 3.8) is 0 Å². The van der Waals surface area contributed by atoms with Crippen LogP contribution in [0.1, 0.15) is 18.2 Å². The first-order valence-electron chi connectivity index (χ1n) is 5.41. The van der Waals surface area contributed by atoms with Crippen molar-refractivity contribution in [1.82, 2.24) is 9.38 Å². The molecule has 0 fully saturated rings. The molecule has 82 valence electrons. The second-order valence-corrected chi connectivity index (χ2v) is 4.86. The molecule has 0 unspecified atom stereocenters. The van der Waals surface area contributed by atoms with Gasteiger partial charge in [-0.1, -0.05) is 24.3 Å². The van der Waals surface area contributed by atoms with Crippen LogP contribution in [0, 0.1) is 0 Å². The Balaban J connectivity index is 2.31. The van der Waals surface area contributed by atoms with E-state index >= 15 is 0 Å². The van der Waals surface area contributed by atoms with Gasteiger partial charge in [0.15, 0.2) is 4.96 Å². The first-order chi connectivity index (χ1) is 7.81. The number of thiazole rings is 1. The standard InChI is InChI=1S/C12H13N3S/c1-2-8-3-4-10-11(5-8)16-12-14-9(6-13)7-15(10)12/h3-5,7H,2,6,13H2,1H3. The first kappa shape index (κ1) is 9.81. The maximum atomic E-state index is 5.59. The molecule has 3 rings (SSSR count). The van der Waals surface area contributed by atoms with Crippen LogP contribution in [0.3, 0.4) is 0 Å². The van der Waals surface area contributed by atoms with Crippen molar-refractivity contribution in [2.45, 2.75) is 19.9 Å². The third-order valence-electron chi connectivity index (χ3n) is 2.83. The number of aromatic nitrogens is 2. The predicted octanol–water partition coefficient (Wildman–Crippen LogP) is 2.57. The number of rotatable bonds is 2. The van der Waals surface area contributed by atoms with Crippen LogP contribution in [0.15, 0.2) is 24.4 Å². The van der Waals surface area contributed by atoms with E-state index in [-0.39, 0.29) is 0 Å². The number of nitrogens with zero attached hydrogens (tertiary/aromatic N) is 2. The van der Waals surface area contributed by atoms with E-state index in [1.54, 1.807) is 11.3 Å². The Labute approximate surface area is 97.5 Å². The van der Waals surface area contributed by atoms with Crippen LogP contribution in [0.4, 0.5) is 0 Å². The Bertz CT molecular complexity index is 645. The summed E-state index contributed by atoms with van der Waals surface area (Å²) in [4.78, 5) is 5.51. The number of benzene rings is 1. The van der Waals surface area contributed by atoms with Crippen molar-refractivity contribution in [3.8, 4) is 0 Å². The average molecular weight is 231 g/mol. The monoisotopic (exact) mass is 231 g/mol. The lowest BCUT2D eigenvalue weighted by Gasteiger charge is -1.96. The number of hydrogen-bond donors (Lipinski definition) is 1. The molecule has 3 nitrogen and oxygen atoms in total. The zero-order valence-electron chi connectivity index (χ0n) is 9.10. The van der Waals surface area contributed by atoms with Gasteiger partial charge < -0.3 is 5.73 Å². The van der Waals surface area contributed by atoms with Crippen LogP contribution >= 0.6 is 11.3 Å². The van der Waals surface area contributed by atoms with E-state index in [0.29, 0.717) is 6.54 Å². The Hall–Kier alpha value is -1.39. The van der Waals surface area contributed by atoms with Gasteiger partial charge in [0.2, 0.25) is 0 Å². The van der Waals surface area contributed by atoms with Crippen molar-refractivity contribution in [2.24, 2.45) is 5.73 Å². The number of nitrogens with two attached hydrogens (primary N) is 1. The lowest BCUT2D eigenvalue weighted by molar-refractivity contribution is 1.02. The van der Waals surface area contributed by atoms with Crippen LogP contribution in [0.2, 0.25) is 0 Å². The van der Waals surface area contributed by atoms with E-state index in [1.165, 1.54) is 15.8 Å². The van der Waals surface area contributed by atoms with Crippen molar-refractivity contribution in [2.75, 3.05) is 0 Å². The summed E-state index contributed by atoms with van der Waals surface area (Å²) < 4.78 is 3.42. The minimum atomic E-state index is 0.503. The fourth-order valence-electron chi connectivity index (χ4n) is 1.91. The second kappa shape index (κ2) is 3.57. The number of hydrogen-bond acceptors (Lipinski definition) is 3. The zero-order chi connectivity index (χ0) is 11.1. The summed E-state index contributed by atoms with van der Waals surface area (Å²) in [5.41, 5.74) is 9.14. The van der Waals surface area contributed by atoms with Gasteiger partial charge in [-0.2, -0.15) is 0 Å². The normalized spacial score (nSPS) is 11.6. The Kier molecular flexibility index (Phi) is 2.19. The third kappa shape index (κ3) is 1.34. The number of aryl methyl sites for hydroxylation is 1. The SMILES string of the molecule is CCc1ccc2c(c1)sc1nc(CN)cn12. The van der Waals surface area contributed by atoms with Crippen LogP contribution < -0.4 is 5.73 Å². The molecule has 0 spiro atoms. The van der Waals surface area contributed by atoms with Gasteiger partial charge >= 0.3 is 0 Å². The summed E-state index contributed by atoms with van der Waals surface area (Å²) in [6, 6.07) is 6.59. The van der Waals surface area contributed by atoms with Gasteiger partial charge in [0.1, 0.15) is 0 Å². The van der Waals surface area contributed by atoms with Crippen molar-refractivity contribution >= 4 is 26.5 Å². The molecule has 0 aliphatic heterocycles. The van der Waals surface area contributed by atoms with E-state index < -0.39 is 0 Å². The van der Waals surface area contributed by atoms with Gasteiger partial charge in [0.25, 0.3) is 0 Å². The molecule has 2 heterocycles. The lowest BCUT2D eigenvalue weighted by atomic mass is 10.2. The molecule has 3 aromatic rings. The fraction of sp³-hybridized carbons (Fsp3) is 0.250. The highest BCUT2D eigenvalue weighted by molar-refractivity contribution is 7.23. The highest BCUT2D eigenvalue weighted by Crippen LogP contribution is 2.27. The maximum absolute atomic E-state index is 5.59. The van der Waals surface area contributed by atoms with Crippen molar-refractivity contribution < 1.29 is 0 Å². The highest BCUT2D eigenvalue weighted by atomic mass is 32.1. The largest absolute Gasteiger partial charge is 0.325 e. The molecule has 0 aliphatic carbocycles. The van der Waals surface area contributed by atoms with Gasteiger partial charge in [-0.3, -0.25) is 4.40 Å². The van der Waals surface area contributed by atoms with Gasteiger partial charge in [-0.15, -0.1) is 0 Å². The Morgan fingerprint density at radius 3 is 3.06 bits per heavy atom. The van der Waals surface area contributed by atoms with Crippen molar-refractivity contribution in [3.05, 3.63) is 35.7 Å². The predicted molar refractivity (Wildman–Crippen MR) is 67.8 cm³/mol. The number of imidazole rings is 1. The summed E-state index contributed by atoms with van der Waals surface area (Å²) >= 11 is 1.72. The summed E-state index contributed by atoms with van der Waals surface area (Å²) in [5.74, 6) is 0. The van der Waals surface area contributed by atoms with Crippen LogP contribution in [-0.4, -0.2) is 9.38 Å². The zero-order valence-corrected chi connectivity index (χ0v) is 9.92. The molecule has 2 aromatic heterocycles. The average Bonchev–Trinajstić information content (AvgIpc) is 2.84. The quantitative estimate of drug-likeness (QED) is 0.736. The van der Waals surface area contributed by atoms with E-state index in [9.17, 15) is 0 Å². The number of fused-ring (bicyclic) bond motifs is 3. The Morgan fingerprint density at radius 2 is 2.31 bits per heavy atom. The highest BCUT2D eigenvalue weighted by Gasteiger charge is 2.07. The molecule has 0 atom stereocenters. The van der Waals surface area contributed by atoms with E-state index in [0.717, 1.165) is 17.1 Å². The molecule has 0 amide bonds. The van der Waals surface area contributed by atoms with Gasteiger partial charge in [0.05, 0.1) is 15.9 Å². The third-order valence-corrected chi connectivity index (χ3v) is 3.84. The molecule has 4 heteroatoms. The van der Waals surface area contributed by atoms with Gasteiger partial charge in [0, 0.05) is 12.7 Å². The van der Waals surface area contributed by atoms with Crippen molar-refractivity contribution in [1.29, 1.82) is 0 Å². The lowest BCUT2D eigenvalue weighted by Crippen LogP contribution is -1.95. The van der Waals surface area contributed by atoms with Crippen LogP contribution in [-0.2, 0) is 13.0 Å². The maximum Gasteiger partial charge on any atom is 0.194 e. The molecule has 0 bridgehead atoms. The Morgan fingerprint density at radius 1 is 1.44 bits per heavy atom. The summed E-state index contributed by atoms with van der Waals surface area (Å²) in [7, 11) is 0. The van der Waals surface area contributed by atoms with Crippen LogP contribution in [0.25, 0.3) is 15.2 Å². The first-order valence-corrected chi connectivity index (χ1v) is 6.23. The molecule has 2 N–H and O–H groups in total. The summed E-state index contributed by atoms with van der Waals surface area (Å²) in [5, 5.41) is 0.